The van der Waals surface area contributed by atoms with Crippen LogP contribution in [-0.2, 0) is 16.6 Å². The first kappa shape index (κ1) is 14.6. The Labute approximate surface area is 138 Å². The third kappa shape index (κ3) is 2.81. The molecule has 0 atom stereocenters. The van der Waals surface area contributed by atoms with Gasteiger partial charge in [-0.05, 0) is 24.3 Å². The van der Waals surface area contributed by atoms with E-state index in [1.165, 1.54) is 4.68 Å². The molecule has 1 aliphatic heterocycles. The van der Waals surface area contributed by atoms with E-state index in [2.05, 4.69) is 20.0 Å². The van der Waals surface area contributed by atoms with Gasteiger partial charge in [0.1, 0.15) is 11.5 Å². The summed E-state index contributed by atoms with van der Waals surface area (Å²) in [6.45, 7) is 0.271. The van der Waals surface area contributed by atoms with Crippen LogP contribution < -0.4 is 9.46 Å². The van der Waals surface area contributed by atoms with Gasteiger partial charge in [0.15, 0.2) is 11.5 Å². The van der Waals surface area contributed by atoms with Crippen molar-refractivity contribution in [2.75, 3.05) is 10.5 Å². The summed E-state index contributed by atoms with van der Waals surface area (Å²) in [5.41, 5.74) is 0.908. The number of anilines is 1. The Balaban J connectivity index is 1.61. The molecule has 3 aromatic rings. The zero-order chi connectivity index (χ0) is 16.6. The molecule has 1 aromatic carbocycles. The lowest BCUT2D eigenvalue weighted by Crippen LogP contribution is -2.28. The number of pyridine rings is 1. The van der Waals surface area contributed by atoms with Crippen molar-refractivity contribution in [2.24, 2.45) is 0 Å². The second-order valence-corrected chi connectivity index (χ2v) is 7.07. The van der Waals surface area contributed by atoms with Gasteiger partial charge in [-0.1, -0.05) is 23.4 Å². The number of benzene rings is 1. The standard InChI is InChI=1S/C15H13N5O3S/c21-24(22)9-8-20-15(18-24)14(17-19-20)13-7-6-12(10-16-13)23-11-4-2-1-3-5-11/h1-7,10,18H,8-9H2. The molecule has 1 N–H and O–H groups in total. The number of para-hydroxylation sites is 1. The zero-order valence-corrected chi connectivity index (χ0v) is 13.3. The molecule has 24 heavy (non-hydrogen) atoms. The van der Waals surface area contributed by atoms with E-state index in [1.807, 2.05) is 30.3 Å². The van der Waals surface area contributed by atoms with E-state index < -0.39 is 10.0 Å². The fraction of sp³-hybridized carbons (Fsp3) is 0.133. The van der Waals surface area contributed by atoms with Crippen molar-refractivity contribution in [1.29, 1.82) is 0 Å². The minimum atomic E-state index is -3.35. The van der Waals surface area contributed by atoms with Gasteiger partial charge in [-0.2, -0.15) is 0 Å². The molecule has 0 radical (unpaired) electrons. The van der Waals surface area contributed by atoms with Gasteiger partial charge in [0, 0.05) is 0 Å². The first-order valence-electron chi connectivity index (χ1n) is 7.24. The summed E-state index contributed by atoms with van der Waals surface area (Å²) < 4.78 is 33.1. The Hall–Kier alpha value is -2.94. The molecule has 0 bridgehead atoms. The predicted octanol–water partition coefficient (Wildman–Crippen LogP) is 1.89. The summed E-state index contributed by atoms with van der Waals surface area (Å²) in [5, 5.41) is 7.99. The molecule has 1 aliphatic rings. The van der Waals surface area contributed by atoms with Gasteiger partial charge in [-0.15, -0.1) is 5.10 Å². The summed E-state index contributed by atoms with van der Waals surface area (Å²) in [5.74, 6) is 1.61. The number of hydrogen-bond donors (Lipinski definition) is 1. The highest BCUT2D eigenvalue weighted by Crippen LogP contribution is 2.29. The summed E-state index contributed by atoms with van der Waals surface area (Å²) in [6, 6.07) is 12.8. The van der Waals surface area contributed by atoms with Crippen molar-refractivity contribution in [1.82, 2.24) is 20.0 Å². The van der Waals surface area contributed by atoms with Crippen molar-refractivity contribution in [3.63, 3.8) is 0 Å². The minimum Gasteiger partial charge on any atom is -0.456 e. The lowest BCUT2D eigenvalue weighted by Gasteiger charge is -2.15. The molecule has 4 rings (SSSR count). The minimum absolute atomic E-state index is 0.0138. The van der Waals surface area contributed by atoms with Gasteiger partial charge in [-0.3, -0.25) is 9.71 Å². The van der Waals surface area contributed by atoms with Gasteiger partial charge in [0.2, 0.25) is 10.0 Å². The van der Waals surface area contributed by atoms with Crippen LogP contribution in [0.25, 0.3) is 11.4 Å². The molecule has 122 valence electrons. The third-order valence-electron chi connectivity index (χ3n) is 3.52. The van der Waals surface area contributed by atoms with Crippen LogP contribution in [0.1, 0.15) is 0 Å². The number of nitrogens with zero attached hydrogens (tertiary/aromatic N) is 4. The monoisotopic (exact) mass is 343 g/mol. The Morgan fingerprint density at radius 2 is 1.92 bits per heavy atom. The number of rotatable bonds is 3. The first-order chi connectivity index (χ1) is 11.6. The first-order valence-corrected chi connectivity index (χ1v) is 8.89. The van der Waals surface area contributed by atoms with Crippen LogP contribution in [0, 0.1) is 0 Å². The number of nitrogens with one attached hydrogen (secondary N) is 1. The maximum Gasteiger partial charge on any atom is 0.235 e. The van der Waals surface area contributed by atoms with Crippen molar-refractivity contribution in [3.8, 4) is 22.9 Å². The number of aryl methyl sites for hydroxylation is 1. The fourth-order valence-electron chi connectivity index (χ4n) is 2.35. The van der Waals surface area contributed by atoms with E-state index in [9.17, 15) is 8.42 Å². The fourth-order valence-corrected chi connectivity index (χ4v) is 3.37. The summed E-state index contributed by atoms with van der Waals surface area (Å²) in [4.78, 5) is 4.30. The smallest absolute Gasteiger partial charge is 0.235 e. The van der Waals surface area contributed by atoms with Crippen LogP contribution in [-0.4, -0.2) is 34.1 Å². The number of hydrogen-bond acceptors (Lipinski definition) is 6. The zero-order valence-electron chi connectivity index (χ0n) is 12.5. The molecule has 0 amide bonds. The van der Waals surface area contributed by atoms with E-state index >= 15 is 0 Å². The molecule has 2 aromatic heterocycles. The van der Waals surface area contributed by atoms with Crippen LogP contribution in [0.15, 0.2) is 48.7 Å². The highest BCUT2D eigenvalue weighted by Gasteiger charge is 2.26. The molecule has 8 nitrogen and oxygen atoms in total. The van der Waals surface area contributed by atoms with Crippen molar-refractivity contribution in [2.45, 2.75) is 6.54 Å². The Bertz CT molecular complexity index is 968. The SMILES string of the molecule is O=S1(=O)CCn2nnc(-c3ccc(Oc4ccccc4)cn3)c2N1. The third-order valence-corrected chi connectivity index (χ3v) is 4.74. The number of ether oxygens (including phenoxy) is 1. The average molecular weight is 343 g/mol. The molecular formula is C15H13N5O3S. The maximum atomic E-state index is 11.7. The Kier molecular flexibility index (Phi) is 3.42. The van der Waals surface area contributed by atoms with Crippen LogP contribution >= 0.6 is 0 Å². The predicted molar refractivity (Wildman–Crippen MR) is 87.2 cm³/mol. The lowest BCUT2D eigenvalue weighted by atomic mass is 10.2. The topological polar surface area (TPSA) is 99.0 Å². The van der Waals surface area contributed by atoms with Crippen LogP contribution in [0.4, 0.5) is 5.82 Å². The highest BCUT2D eigenvalue weighted by molar-refractivity contribution is 7.92. The van der Waals surface area contributed by atoms with Crippen molar-refractivity contribution in [3.05, 3.63) is 48.7 Å². The molecule has 0 fully saturated rings. The average Bonchev–Trinajstić information content (AvgIpc) is 2.98. The number of sulfonamides is 1. The molecule has 3 heterocycles. The van der Waals surface area contributed by atoms with Gasteiger partial charge >= 0.3 is 0 Å². The van der Waals surface area contributed by atoms with E-state index in [-0.39, 0.29) is 12.3 Å². The normalized spacial score (nSPS) is 15.3. The van der Waals surface area contributed by atoms with E-state index in [1.54, 1.807) is 18.3 Å². The Morgan fingerprint density at radius 1 is 1.08 bits per heavy atom. The van der Waals surface area contributed by atoms with Crippen molar-refractivity contribution >= 4 is 15.8 Å². The van der Waals surface area contributed by atoms with Gasteiger partial charge < -0.3 is 4.74 Å². The lowest BCUT2D eigenvalue weighted by molar-refractivity contribution is 0.480. The van der Waals surface area contributed by atoms with E-state index in [0.717, 1.165) is 0 Å². The molecular weight excluding hydrogens is 330 g/mol. The summed E-state index contributed by atoms with van der Waals surface area (Å²) in [6.07, 6.45) is 1.56. The van der Waals surface area contributed by atoms with Crippen LogP contribution in [0.3, 0.4) is 0 Å². The molecule has 9 heteroatoms. The molecule has 0 aliphatic carbocycles. The molecule has 0 saturated carbocycles. The number of fused-ring (bicyclic) bond motifs is 1. The molecule has 0 spiro atoms. The second kappa shape index (κ2) is 5.60. The highest BCUT2D eigenvalue weighted by atomic mass is 32.2. The quantitative estimate of drug-likeness (QED) is 0.780. The van der Waals surface area contributed by atoms with Crippen molar-refractivity contribution < 1.29 is 13.2 Å². The van der Waals surface area contributed by atoms with Gasteiger partial charge in [-0.25, -0.2) is 13.1 Å². The molecule has 0 unspecified atom stereocenters. The number of aromatic nitrogens is 4. The summed E-state index contributed by atoms with van der Waals surface area (Å²) >= 11 is 0. The van der Waals surface area contributed by atoms with Gasteiger partial charge in [0.25, 0.3) is 0 Å². The van der Waals surface area contributed by atoms with Crippen LogP contribution in [0.5, 0.6) is 11.5 Å². The van der Waals surface area contributed by atoms with E-state index in [0.29, 0.717) is 28.7 Å². The van der Waals surface area contributed by atoms with E-state index in [4.69, 9.17) is 4.74 Å². The largest absolute Gasteiger partial charge is 0.456 e. The molecule has 0 saturated heterocycles. The second-order valence-electron chi connectivity index (χ2n) is 5.22. The summed E-state index contributed by atoms with van der Waals surface area (Å²) in [7, 11) is -3.35. The van der Waals surface area contributed by atoms with Crippen LogP contribution in [0.2, 0.25) is 0 Å². The maximum absolute atomic E-state index is 11.7. The Morgan fingerprint density at radius 3 is 2.67 bits per heavy atom. The van der Waals surface area contributed by atoms with Gasteiger partial charge in [0.05, 0.1) is 24.2 Å².